The Morgan fingerprint density at radius 2 is 2.33 bits per heavy atom. The third-order valence-electron chi connectivity index (χ3n) is 1.54. The van der Waals surface area contributed by atoms with E-state index in [9.17, 15) is 4.79 Å². The van der Waals surface area contributed by atoms with Gasteiger partial charge in [-0.25, -0.2) is 0 Å². The van der Waals surface area contributed by atoms with Gasteiger partial charge in [0, 0.05) is 10.5 Å². The highest BCUT2D eigenvalue weighted by atomic mass is 16.1. The van der Waals surface area contributed by atoms with Gasteiger partial charge in [-0.3, -0.25) is 4.79 Å². The summed E-state index contributed by atoms with van der Waals surface area (Å²) < 4.78 is 0. The van der Waals surface area contributed by atoms with Gasteiger partial charge >= 0.3 is 0 Å². The van der Waals surface area contributed by atoms with Crippen molar-refractivity contribution in [1.29, 1.82) is 0 Å². The quantitative estimate of drug-likeness (QED) is 0.284. The fourth-order valence-electron chi connectivity index (χ4n) is 0.958. The van der Waals surface area contributed by atoms with E-state index in [1.54, 1.807) is 25.1 Å². The minimum absolute atomic E-state index is 0.412. The van der Waals surface area contributed by atoms with Crippen LogP contribution in [0.15, 0.2) is 23.3 Å². The zero-order chi connectivity index (χ0) is 8.97. The second-order valence-electron chi connectivity index (χ2n) is 2.32. The van der Waals surface area contributed by atoms with Gasteiger partial charge in [0.2, 0.25) is 0 Å². The van der Waals surface area contributed by atoms with Gasteiger partial charge in [0.1, 0.15) is 0 Å². The van der Waals surface area contributed by atoms with Crippen LogP contribution in [0.2, 0.25) is 0 Å². The minimum atomic E-state index is 0.412. The maximum absolute atomic E-state index is 10.5. The third-order valence-corrected chi connectivity index (χ3v) is 1.54. The van der Waals surface area contributed by atoms with E-state index in [2.05, 4.69) is 10.0 Å². The van der Waals surface area contributed by atoms with Crippen molar-refractivity contribution in [2.75, 3.05) is 0 Å². The van der Waals surface area contributed by atoms with Crippen LogP contribution >= 0.6 is 0 Å². The summed E-state index contributed by atoms with van der Waals surface area (Å²) in [6, 6.07) is 5.15. The molecule has 0 N–H and O–H groups in total. The van der Waals surface area contributed by atoms with Gasteiger partial charge in [0.15, 0.2) is 6.29 Å². The maximum atomic E-state index is 10.5. The third kappa shape index (κ3) is 1.44. The summed E-state index contributed by atoms with van der Waals surface area (Å²) in [5.74, 6) is 0. The molecule has 0 heterocycles. The standard InChI is InChI=1S/C8H7N3O/c1-6-3-2-4-7(5-12)8(6)10-11-9/h2-5H,1H3. The average Bonchev–Trinajstić information content (AvgIpc) is 2.09. The molecule has 0 bridgehead atoms. The van der Waals surface area contributed by atoms with E-state index in [1.807, 2.05) is 0 Å². The Balaban J connectivity index is 3.38. The summed E-state index contributed by atoms with van der Waals surface area (Å²) >= 11 is 0. The largest absolute Gasteiger partial charge is 0.298 e. The Bertz CT molecular complexity index is 353. The number of benzene rings is 1. The number of hydrogen-bond acceptors (Lipinski definition) is 2. The summed E-state index contributed by atoms with van der Waals surface area (Å²) in [5.41, 5.74) is 9.85. The smallest absolute Gasteiger partial charge is 0.150 e. The molecule has 0 aliphatic rings. The molecule has 0 fully saturated rings. The number of rotatable bonds is 2. The molecule has 4 heteroatoms. The van der Waals surface area contributed by atoms with Crippen molar-refractivity contribution in [1.82, 2.24) is 0 Å². The summed E-state index contributed by atoms with van der Waals surface area (Å²) in [5, 5.41) is 3.43. The molecule has 0 amide bonds. The van der Waals surface area contributed by atoms with Gasteiger partial charge in [-0.15, -0.1) is 0 Å². The molecule has 1 aromatic rings. The predicted molar refractivity (Wildman–Crippen MR) is 45.4 cm³/mol. The molecule has 0 aliphatic heterocycles. The topological polar surface area (TPSA) is 65.8 Å². The first-order valence-corrected chi connectivity index (χ1v) is 3.39. The first-order valence-electron chi connectivity index (χ1n) is 3.39. The van der Waals surface area contributed by atoms with Crippen LogP contribution in [-0.2, 0) is 0 Å². The van der Waals surface area contributed by atoms with E-state index in [-0.39, 0.29) is 0 Å². The molecule has 1 rings (SSSR count). The number of aryl methyl sites for hydroxylation is 1. The normalized spacial score (nSPS) is 8.75. The minimum Gasteiger partial charge on any atom is -0.298 e. The summed E-state index contributed by atoms with van der Waals surface area (Å²) in [7, 11) is 0. The summed E-state index contributed by atoms with van der Waals surface area (Å²) in [6.45, 7) is 1.79. The average molecular weight is 161 g/mol. The number of azide groups is 1. The predicted octanol–water partition coefficient (Wildman–Crippen LogP) is 2.75. The molecule has 60 valence electrons. The second-order valence-corrected chi connectivity index (χ2v) is 2.32. The molecule has 0 saturated heterocycles. The summed E-state index contributed by atoms with van der Waals surface area (Å²) in [6.07, 6.45) is 0.678. The van der Waals surface area contributed by atoms with Crippen LogP contribution < -0.4 is 0 Å². The fraction of sp³-hybridized carbons (Fsp3) is 0.125. The van der Waals surface area contributed by atoms with Crippen molar-refractivity contribution in [2.24, 2.45) is 5.11 Å². The zero-order valence-corrected chi connectivity index (χ0v) is 6.56. The van der Waals surface area contributed by atoms with Crippen LogP contribution in [0.5, 0.6) is 0 Å². The number of carbonyl (C=O) groups excluding carboxylic acids is 1. The van der Waals surface area contributed by atoms with E-state index in [0.29, 0.717) is 17.5 Å². The molecule has 0 unspecified atom stereocenters. The van der Waals surface area contributed by atoms with E-state index in [4.69, 9.17) is 5.53 Å². The van der Waals surface area contributed by atoms with Crippen LogP contribution in [0.4, 0.5) is 5.69 Å². The first-order chi connectivity index (χ1) is 5.79. The lowest BCUT2D eigenvalue weighted by Crippen LogP contribution is -1.82. The lowest BCUT2D eigenvalue weighted by atomic mass is 10.1. The lowest BCUT2D eigenvalue weighted by molar-refractivity contribution is 0.112. The van der Waals surface area contributed by atoms with Crippen LogP contribution in [0.3, 0.4) is 0 Å². The van der Waals surface area contributed by atoms with Gasteiger partial charge in [0.05, 0.1) is 5.69 Å². The molecule has 4 nitrogen and oxygen atoms in total. The van der Waals surface area contributed by atoms with Crippen LogP contribution in [0, 0.1) is 6.92 Å². The number of nitrogens with zero attached hydrogens (tertiary/aromatic N) is 3. The molecule has 12 heavy (non-hydrogen) atoms. The zero-order valence-electron chi connectivity index (χ0n) is 6.56. The van der Waals surface area contributed by atoms with E-state index < -0.39 is 0 Å². The van der Waals surface area contributed by atoms with Gasteiger partial charge in [0.25, 0.3) is 0 Å². The Hall–Kier alpha value is -1.80. The van der Waals surface area contributed by atoms with Crippen molar-refractivity contribution in [3.63, 3.8) is 0 Å². The first kappa shape index (κ1) is 8.30. The Labute approximate surface area is 69.5 Å². The molecule has 0 saturated carbocycles. The fourth-order valence-corrected chi connectivity index (χ4v) is 0.958. The van der Waals surface area contributed by atoms with Crippen LogP contribution in [-0.4, -0.2) is 6.29 Å². The van der Waals surface area contributed by atoms with Gasteiger partial charge < -0.3 is 0 Å². The second kappa shape index (κ2) is 3.55. The number of hydrogen-bond donors (Lipinski definition) is 0. The molecule has 0 aromatic heterocycles. The maximum Gasteiger partial charge on any atom is 0.150 e. The molecular formula is C8H7N3O. The Morgan fingerprint density at radius 1 is 1.58 bits per heavy atom. The van der Waals surface area contributed by atoms with Gasteiger partial charge in [-0.05, 0) is 18.0 Å². The van der Waals surface area contributed by atoms with Crippen molar-refractivity contribution in [2.45, 2.75) is 6.92 Å². The molecule has 0 radical (unpaired) electrons. The van der Waals surface area contributed by atoms with Gasteiger partial charge in [-0.1, -0.05) is 23.3 Å². The number of aldehydes is 1. The monoisotopic (exact) mass is 161 g/mol. The highest BCUT2D eigenvalue weighted by Crippen LogP contribution is 2.22. The summed E-state index contributed by atoms with van der Waals surface area (Å²) in [4.78, 5) is 13.1. The van der Waals surface area contributed by atoms with Gasteiger partial charge in [-0.2, -0.15) is 0 Å². The van der Waals surface area contributed by atoms with E-state index >= 15 is 0 Å². The number of carbonyl (C=O) groups is 1. The van der Waals surface area contributed by atoms with Crippen LogP contribution in [0.25, 0.3) is 10.4 Å². The molecule has 0 atom stereocenters. The SMILES string of the molecule is Cc1cccc(C=O)c1N=[N+]=[N-]. The highest BCUT2D eigenvalue weighted by Gasteiger charge is 2.00. The van der Waals surface area contributed by atoms with E-state index in [1.165, 1.54) is 0 Å². The molecule has 0 aliphatic carbocycles. The molecule has 0 spiro atoms. The highest BCUT2D eigenvalue weighted by molar-refractivity contribution is 5.83. The van der Waals surface area contributed by atoms with Crippen molar-refractivity contribution in [3.8, 4) is 0 Å². The molecular weight excluding hydrogens is 154 g/mol. The Kier molecular flexibility index (Phi) is 2.46. The van der Waals surface area contributed by atoms with E-state index in [0.717, 1.165) is 5.56 Å². The van der Waals surface area contributed by atoms with Crippen molar-refractivity contribution in [3.05, 3.63) is 39.8 Å². The van der Waals surface area contributed by atoms with Crippen LogP contribution in [0.1, 0.15) is 15.9 Å². The molecule has 1 aromatic carbocycles. The van der Waals surface area contributed by atoms with Crippen molar-refractivity contribution >= 4 is 12.0 Å². The Morgan fingerprint density at radius 3 is 2.92 bits per heavy atom. The van der Waals surface area contributed by atoms with Crippen molar-refractivity contribution < 1.29 is 4.79 Å². The lowest BCUT2D eigenvalue weighted by Gasteiger charge is -1.99.